The van der Waals surface area contributed by atoms with Gasteiger partial charge in [0.15, 0.2) is 0 Å². The summed E-state index contributed by atoms with van der Waals surface area (Å²) in [6, 6.07) is 2.92. The second kappa shape index (κ2) is 6.83. The maximum absolute atomic E-state index is 11.5. The van der Waals surface area contributed by atoms with Crippen molar-refractivity contribution in [3.63, 3.8) is 0 Å². The number of amides is 1. The number of hydrogen-bond acceptors (Lipinski definition) is 2. The molecular formula is C11H10Cl3NO3. The number of carbonyl (C=O) groups excluding carboxylic acids is 1. The first-order valence-electron chi connectivity index (χ1n) is 5.06. The Labute approximate surface area is 119 Å². The third-order valence-electron chi connectivity index (χ3n) is 2.07. The van der Waals surface area contributed by atoms with Crippen LogP contribution in [0.4, 0.5) is 5.69 Å². The minimum atomic E-state index is -0.939. The van der Waals surface area contributed by atoms with Gasteiger partial charge in [0.1, 0.15) is 0 Å². The molecule has 0 atom stereocenters. The number of halogens is 3. The lowest BCUT2D eigenvalue weighted by molar-refractivity contribution is -0.137. The number of nitrogens with one attached hydrogen (secondary N) is 1. The van der Waals surface area contributed by atoms with Gasteiger partial charge < -0.3 is 10.4 Å². The molecule has 0 aliphatic rings. The van der Waals surface area contributed by atoms with Gasteiger partial charge in [-0.2, -0.15) is 0 Å². The number of carbonyl (C=O) groups is 2. The molecule has 0 aliphatic carbocycles. The predicted molar refractivity (Wildman–Crippen MR) is 71.6 cm³/mol. The highest BCUT2D eigenvalue weighted by molar-refractivity contribution is 6.42. The SMILES string of the molecule is O=C(O)CCCC(=O)Nc1c(Cl)cc(Cl)cc1Cl. The lowest BCUT2D eigenvalue weighted by Crippen LogP contribution is -2.12. The van der Waals surface area contributed by atoms with E-state index in [1.165, 1.54) is 12.1 Å². The van der Waals surface area contributed by atoms with Crippen molar-refractivity contribution in [2.45, 2.75) is 19.3 Å². The average Bonchev–Trinajstić information content (AvgIpc) is 2.22. The van der Waals surface area contributed by atoms with Crippen LogP contribution in [-0.4, -0.2) is 17.0 Å². The van der Waals surface area contributed by atoms with E-state index in [9.17, 15) is 9.59 Å². The Bertz CT molecular complexity index is 454. The molecule has 0 spiro atoms. The van der Waals surface area contributed by atoms with E-state index in [0.29, 0.717) is 5.02 Å². The molecule has 7 heteroatoms. The van der Waals surface area contributed by atoms with Gasteiger partial charge in [-0.05, 0) is 18.6 Å². The second-order valence-electron chi connectivity index (χ2n) is 3.54. The predicted octanol–water partition coefficient (Wildman–Crippen LogP) is 3.84. The number of carboxylic acids is 1. The maximum Gasteiger partial charge on any atom is 0.303 e. The van der Waals surface area contributed by atoms with Crippen molar-refractivity contribution in [2.75, 3.05) is 5.32 Å². The van der Waals surface area contributed by atoms with Gasteiger partial charge in [-0.15, -0.1) is 0 Å². The van der Waals surface area contributed by atoms with Crippen molar-refractivity contribution in [1.82, 2.24) is 0 Å². The second-order valence-corrected chi connectivity index (χ2v) is 4.79. The summed E-state index contributed by atoms with van der Waals surface area (Å²) >= 11 is 17.5. The first-order valence-corrected chi connectivity index (χ1v) is 6.19. The highest BCUT2D eigenvalue weighted by atomic mass is 35.5. The number of carboxylic acid groups (broad SMARTS) is 1. The third kappa shape index (κ3) is 4.72. The van der Waals surface area contributed by atoms with Gasteiger partial charge in [-0.3, -0.25) is 9.59 Å². The molecule has 0 saturated heterocycles. The lowest BCUT2D eigenvalue weighted by atomic mass is 10.2. The van der Waals surface area contributed by atoms with Crippen molar-refractivity contribution < 1.29 is 14.7 Å². The summed E-state index contributed by atoms with van der Waals surface area (Å²) in [7, 11) is 0. The minimum Gasteiger partial charge on any atom is -0.481 e. The number of benzene rings is 1. The molecule has 0 aliphatic heterocycles. The molecule has 0 radical (unpaired) electrons. The molecule has 4 nitrogen and oxygen atoms in total. The Balaban J connectivity index is 2.62. The summed E-state index contributed by atoms with van der Waals surface area (Å²) < 4.78 is 0. The Kier molecular flexibility index (Phi) is 5.72. The molecule has 1 rings (SSSR count). The normalized spacial score (nSPS) is 10.2. The number of aliphatic carboxylic acids is 1. The molecule has 2 N–H and O–H groups in total. The Hall–Kier alpha value is -0.970. The van der Waals surface area contributed by atoms with Crippen molar-refractivity contribution in [3.05, 3.63) is 27.2 Å². The van der Waals surface area contributed by atoms with Crippen LogP contribution >= 0.6 is 34.8 Å². The molecule has 0 bridgehead atoms. The molecule has 0 unspecified atom stereocenters. The van der Waals surface area contributed by atoms with Crippen molar-refractivity contribution in [2.24, 2.45) is 0 Å². The Morgan fingerprint density at radius 2 is 1.67 bits per heavy atom. The zero-order valence-electron chi connectivity index (χ0n) is 9.17. The quantitative estimate of drug-likeness (QED) is 0.868. The number of anilines is 1. The number of rotatable bonds is 5. The third-order valence-corrected chi connectivity index (χ3v) is 2.88. The van der Waals surface area contributed by atoms with Crippen LogP contribution in [0.1, 0.15) is 19.3 Å². The summed E-state index contributed by atoms with van der Waals surface area (Å²) in [6.45, 7) is 0. The summed E-state index contributed by atoms with van der Waals surface area (Å²) in [5, 5.41) is 11.8. The van der Waals surface area contributed by atoms with E-state index >= 15 is 0 Å². The van der Waals surface area contributed by atoms with E-state index in [0.717, 1.165) is 0 Å². The molecule has 0 fully saturated rings. The average molecular weight is 311 g/mol. The van der Waals surface area contributed by atoms with E-state index < -0.39 is 5.97 Å². The molecular weight excluding hydrogens is 300 g/mol. The van der Waals surface area contributed by atoms with Gasteiger partial charge >= 0.3 is 5.97 Å². The highest BCUT2D eigenvalue weighted by Gasteiger charge is 2.11. The summed E-state index contributed by atoms with van der Waals surface area (Å²) in [6.07, 6.45) is 0.279. The van der Waals surface area contributed by atoms with Crippen LogP contribution in [0.25, 0.3) is 0 Å². The fourth-order valence-electron chi connectivity index (χ4n) is 1.26. The standard InChI is InChI=1S/C11H10Cl3NO3/c12-6-4-7(13)11(8(14)5-6)15-9(16)2-1-3-10(17)18/h4-5H,1-3H2,(H,15,16)(H,17,18). The fraction of sp³-hybridized carbons (Fsp3) is 0.273. The summed E-state index contributed by atoms with van der Waals surface area (Å²) in [5.41, 5.74) is 0.281. The van der Waals surface area contributed by atoms with Gasteiger partial charge in [0.2, 0.25) is 5.91 Å². The van der Waals surface area contributed by atoms with Crippen molar-refractivity contribution in [1.29, 1.82) is 0 Å². The molecule has 1 aromatic rings. The molecule has 0 aromatic heterocycles. The molecule has 1 amide bonds. The van der Waals surface area contributed by atoms with E-state index in [1.807, 2.05) is 0 Å². The topological polar surface area (TPSA) is 66.4 Å². The van der Waals surface area contributed by atoms with Crippen LogP contribution in [0.2, 0.25) is 15.1 Å². The Morgan fingerprint density at radius 3 is 2.17 bits per heavy atom. The monoisotopic (exact) mass is 309 g/mol. The van der Waals surface area contributed by atoms with Crippen molar-refractivity contribution >= 4 is 52.4 Å². The smallest absolute Gasteiger partial charge is 0.303 e. The number of hydrogen-bond donors (Lipinski definition) is 2. The van der Waals surface area contributed by atoms with Crippen LogP contribution in [-0.2, 0) is 9.59 Å². The van der Waals surface area contributed by atoms with Gasteiger partial charge in [0, 0.05) is 17.9 Å². The fourth-order valence-corrected chi connectivity index (χ4v) is 2.18. The molecule has 98 valence electrons. The molecule has 0 heterocycles. The summed E-state index contributed by atoms with van der Waals surface area (Å²) in [5.74, 6) is -1.28. The van der Waals surface area contributed by atoms with Crippen LogP contribution in [0, 0.1) is 0 Å². The van der Waals surface area contributed by atoms with E-state index in [1.54, 1.807) is 0 Å². The zero-order chi connectivity index (χ0) is 13.7. The van der Waals surface area contributed by atoms with Gasteiger partial charge in [-0.1, -0.05) is 34.8 Å². The van der Waals surface area contributed by atoms with Crippen LogP contribution < -0.4 is 5.32 Å². The first kappa shape index (κ1) is 15.1. The molecule has 18 heavy (non-hydrogen) atoms. The van der Waals surface area contributed by atoms with Crippen molar-refractivity contribution in [3.8, 4) is 0 Å². The zero-order valence-corrected chi connectivity index (χ0v) is 11.4. The highest BCUT2D eigenvalue weighted by Crippen LogP contribution is 2.33. The van der Waals surface area contributed by atoms with Gasteiger partial charge in [0.05, 0.1) is 15.7 Å². The largest absolute Gasteiger partial charge is 0.481 e. The first-order chi connectivity index (χ1) is 8.40. The summed E-state index contributed by atoms with van der Waals surface area (Å²) in [4.78, 5) is 21.8. The Morgan fingerprint density at radius 1 is 1.11 bits per heavy atom. The van der Waals surface area contributed by atoms with E-state index in [-0.39, 0.29) is 40.9 Å². The lowest BCUT2D eigenvalue weighted by Gasteiger charge is -2.09. The molecule has 1 aromatic carbocycles. The van der Waals surface area contributed by atoms with Crippen LogP contribution in [0.15, 0.2) is 12.1 Å². The maximum atomic E-state index is 11.5. The minimum absolute atomic E-state index is 0.0600. The molecule has 0 saturated carbocycles. The van der Waals surface area contributed by atoms with Crippen LogP contribution in [0.5, 0.6) is 0 Å². The van der Waals surface area contributed by atoms with E-state index in [2.05, 4.69) is 5.32 Å². The van der Waals surface area contributed by atoms with E-state index in [4.69, 9.17) is 39.9 Å². The van der Waals surface area contributed by atoms with Gasteiger partial charge in [0.25, 0.3) is 0 Å². The van der Waals surface area contributed by atoms with Crippen LogP contribution in [0.3, 0.4) is 0 Å². The van der Waals surface area contributed by atoms with Gasteiger partial charge in [-0.25, -0.2) is 0 Å².